The lowest BCUT2D eigenvalue weighted by atomic mass is 10.0. The summed E-state index contributed by atoms with van der Waals surface area (Å²) in [5.74, 6) is 0.659. The molecule has 0 unspecified atom stereocenters. The smallest absolute Gasteiger partial charge is 0.0219 e. The van der Waals surface area contributed by atoms with Gasteiger partial charge in [-0.1, -0.05) is 179 Å². The van der Waals surface area contributed by atoms with Crippen molar-refractivity contribution in [3.8, 4) is 0 Å². The zero-order valence-electron chi connectivity index (χ0n) is 22.7. The van der Waals surface area contributed by atoms with Crippen LogP contribution in [0, 0.1) is 13.8 Å². The van der Waals surface area contributed by atoms with E-state index in [0.29, 0.717) is 5.92 Å². The maximum atomic E-state index is 2.20. The van der Waals surface area contributed by atoms with Crippen molar-refractivity contribution in [1.29, 1.82) is 0 Å². The van der Waals surface area contributed by atoms with Crippen molar-refractivity contribution >= 4 is 0 Å². The van der Waals surface area contributed by atoms with Gasteiger partial charge in [-0.05, 0) is 25.3 Å². The van der Waals surface area contributed by atoms with Gasteiger partial charge in [0.05, 0.1) is 0 Å². The molecular weight excluding hydrogens is 384 g/mol. The number of rotatable bonds is 1. The van der Waals surface area contributed by atoms with Gasteiger partial charge in [0, 0.05) is 0 Å². The quantitative estimate of drug-likeness (QED) is 0.353. The average Bonchev–Trinajstić information content (AvgIpc) is 2.86. The van der Waals surface area contributed by atoms with Crippen LogP contribution in [0.15, 0.2) is 91.0 Å². The second-order valence-electron chi connectivity index (χ2n) is 5.87. The highest BCUT2D eigenvalue weighted by Crippen LogP contribution is 2.11. The molecule has 0 radical (unpaired) electrons. The Bertz CT molecular complexity index is 572. The Balaban J connectivity index is -0.0000000976. The minimum atomic E-state index is 0. The molecule has 0 aliphatic rings. The molecule has 0 fully saturated rings. The molecule has 0 aliphatic heterocycles. The summed E-state index contributed by atoms with van der Waals surface area (Å²) in [5, 5.41) is 0. The fourth-order valence-corrected chi connectivity index (χ4v) is 1.91. The first-order valence-corrected chi connectivity index (χ1v) is 12.2. The third kappa shape index (κ3) is 29.9. The highest BCUT2D eigenvalue weighted by Gasteiger charge is 1.93. The van der Waals surface area contributed by atoms with Crippen molar-refractivity contribution in [2.45, 2.75) is 96.4 Å². The molecule has 0 heterocycles. The van der Waals surface area contributed by atoms with Crippen LogP contribution in [0.5, 0.6) is 0 Å². The Morgan fingerprint density at radius 3 is 0.750 bits per heavy atom. The van der Waals surface area contributed by atoms with Crippen LogP contribution < -0.4 is 0 Å². The zero-order chi connectivity index (χ0) is 24.9. The minimum Gasteiger partial charge on any atom is -0.0776 e. The standard InChI is InChI=1S/C9H12.2C7H8.4C2H6.CH4/c1-8(2)9-6-4-3-5-7-9;2*1-7-5-3-2-4-6-7;4*1-2;/h3-8H,1-2H3;2*2-6H,1H3;4*1-2H3;1H4. The third-order valence-corrected chi connectivity index (χ3v) is 3.35. The van der Waals surface area contributed by atoms with Gasteiger partial charge in [-0.3, -0.25) is 0 Å². The lowest BCUT2D eigenvalue weighted by Gasteiger charge is -2.01. The summed E-state index contributed by atoms with van der Waals surface area (Å²) in [6, 6.07) is 31.0. The van der Waals surface area contributed by atoms with Crippen molar-refractivity contribution in [1.82, 2.24) is 0 Å². The lowest BCUT2D eigenvalue weighted by molar-refractivity contribution is 0.867. The molecule has 3 aromatic carbocycles. The molecule has 0 saturated heterocycles. The van der Waals surface area contributed by atoms with Gasteiger partial charge in [0.1, 0.15) is 0 Å². The zero-order valence-corrected chi connectivity index (χ0v) is 22.7. The highest BCUT2D eigenvalue weighted by molar-refractivity contribution is 5.17. The summed E-state index contributed by atoms with van der Waals surface area (Å²) in [7, 11) is 0. The molecule has 0 amide bonds. The number of hydrogen-bond acceptors (Lipinski definition) is 0. The first-order valence-electron chi connectivity index (χ1n) is 12.2. The predicted molar refractivity (Wildman–Crippen MR) is 155 cm³/mol. The molecule has 0 spiro atoms. The summed E-state index contributed by atoms with van der Waals surface area (Å²) < 4.78 is 0. The number of hydrogen-bond donors (Lipinski definition) is 0. The SMILES string of the molecule is C.CC.CC.CC.CC.CC(C)c1ccccc1.Cc1ccccc1.Cc1ccccc1. The minimum absolute atomic E-state index is 0. The van der Waals surface area contributed by atoms with Crippen LogP contribution in [0.4, 0.5) is 0 Å². The normalized spacial score (nSPS) is 7.41. The van der Waals surface area contributed by atoms with Crippen molar-refractivity contribution < 1.29 is 0 Å². The molecule has 0 aromatic heterocycles. The van der Waals surface area contributed by atoms with E-state index in [9.17, 15) is 0 Å². The number of benzene rings is 3. The van der Waals surface area contributed by atoms with Gasteiger partial charge in [0.25, 0.3) is 0 Å². The first-order chi connectivity index (χ1) is 15.1. The molecule has 3 rings (SSSR count). The van der Waals surface area contributed by atoms with E-state index < -0.39 is 0 Å². The third-order valence-electron chi connectivity index (χ3n) is 3.35. The van der Waals surface area contributed by atoms with Crippen LogP contribution in [0.1, 0.15) is 99.3 Å². The van der Waals surface area contributed by atoms with E-state index in [-0.39, 0.29) is 7.43 Å². The van der Waals surface area contributed by atoms with Crippen LogP contribution >= 0.6 is 0 Å². The predicted octanol–water partition coefficient (Wildman–Crippen LogP) is 11.5. The van der Waals surface area contributed by atoms with E-state index in [1.54, 1.807) is 0 Å². The molecule has 0 N–H and O–H groups in total. The van der Waals surface area contributed by atoms with Crippen LogP contribution in [-0.4, -0.2) is 0 Å². The lowest BCUT2D eigenvalue weighted by Crippen LogP contribution is -1.83. The largest absolute Gasteiger partial charge is 0.0776 e. The average molecular weight is 441 g/mol. The molecule has 0 aliphatic carbocycles. The Kier molecular flexibility index (Phi) is 45.1. The van der Waals surface area contributed by atoms with Gasteiger partial charge in [0.15, 0.2) is 0 Å². The summed E-state index contributed by atoms with van der Waals surface area (Å²) in [4.78, 5) is 0. The molecule has 184 valence electrons. The molecule has 0 atom stereocenters. The first kappa shape index (κ1) is 40.1. The number of aryl methyl sites for hydroxylation is 2. The highest BCUT2D eigenvalue weighted by atomic mass is 14.0. The van der Waals surface area contributed by atoms with E-state index in [4.69, 9.17) is 0 Å². The van der Waals surface area contributed by atoms with E-state index in [1.165, 1.54) is 16.7 Å². The van der Waals surface area contributed by atoms with Crippen LogP contribution in [0.3, 0.4) is 0 Å². The topological polar surface area (TPSA) is 0 Å². The Morgan fingerprint density at radius 2 is 0.625 bits per heavy atom. The molecule has 0 heteroatoms. The van der Waals surface area contributed by atoms with Gasteiger partial charge in [-0.2, -0.15) is 0 Å². The van der Waals surface area contributed by atoms with Crippen LogP contribution in [0.2, 0.25) is 0 Å². The second-order valence-corrected chi connectivity index (χ2v) is 5.87. The molecular formula is C32H56. The Labute approximate surface area is 204 Å². The van der Waals surface area contributed by atoms with E-state index in [1.807, 2.05) is 97.9 Å². The Hall–Kier alpha value is -2.34. The summed E-state index contributed by atoms with van der Waals surface area (Å²) in [6.45, 7) is 24.6. The maximum Gasteiger partial charge on any atom is -0.0219 e. The maximum absolute atomic E-state index is 2.20. The summed E-state index contributed by atoms with van der Waals surface area (Å²) in [6.07, 6.45) is 0. The van der Waals surface area contributed by atoms with E-state index in [0.717, 1.165) is 0 Å². The summed E-state index contributed by atoms with van der Waals surface area (Å²) >= 11 is 0. The van der Waals surface area contributed by atoms with Crippen LogP contribution in [0.25, 0.3) is 0 Å². The molecule has 0 nitrogen and oxygen atoms in total. The second kappa shape index (κ2) is 36.1. The van der Waals surface area contributed by atoms with Gasteiger partial charge in [-0.15, -0.1) is 0 Å². The molecule has 0 saturated carbocycles. The Morgan fingerprint density at radius 1 is 0.406 bits per heavy atom. The summed E-state index contributed by atoms with van der Waals surface area (Å²) in [5.41, 5.74) is 4.06. The van der Waals surface area contributed by atoms with Crippen molar-refractivity contribution in [2.75, 3.05) is 0 Å². The van der Waals surface area contributed by atoms with Crippen molar-refractivity contribution in [3.63, 3.8) is 0 Å². The van der Waals surface area contributed by atoms with Gasteiger partial charge >= 0.3 is 0 Å². The molecule has 0 bridgehead atoms. The monoisotopic (exact) mass is 440 g/mol. The van der Waals surface area contributed by atoms with Crippen molar-refractivity contribution in [2.24, 2.45) is 0 Å². The van der Waals surface area contributed by atoms with Gasteiger partial charge in [0.2, 0.25) is 0 Å². The fourth-order valence-electron chi connectivity index (χ4n) is 1.91. The van der Waals surface area contributed by atoms with Crippen LogP contribution in [-0.2, 0) is 0 Å². The van der Waals surface area contributed by atoms with E-state index in [2.05, 4.69) is 76.2 Å². The molecule has 3 aromatic rings. The fraction of sp³-hybridized carbons (Fsp3) is 0.438. The van der Waals surface area contributed by atoms with Gasteiger partial charge < -0.3 is 0 Å². The molecule has 32 heavy (non-hydrogen) atoms. The van der Waals surface area contributed by atoms with Gasteiger partial charge in [-0.25, -0.2) is 0 Å². The van der Waals surface area contributed by atoms with E-state index >= 15 is 0 Å². The van der Waals surface area contributed by atoms with Crippen molar-refractivity contribution in [3.05, 3.63) is 108 Å².